The Labute approximate surface area is 166 Å². The van der Waals surface area contributed by atoms with E-state index in [0.717, 1.165) is 38.5 Å². The summed E-state index contributed by atoms with van der Waals surface area (Å²) >= 11 is 1.45. The average Bonchev–Trinajstić information content (AvgIpc) is 3.30. The number of ether oxygens (including phenoxy) is 2. The Morgan fingerprint density at radius 1 is 1.04 bits per heavy atom. The lowest BCUT2D eigenvalue weighted by molar-refractivity contribution is 0.102. The number of H-pyrrole nitrogens is 1. The zero-order valence-corrected chi connectivity index (χ0v) is 16.5. The van der Waals surface area contributed by atoms with E-state index in [-0.39, 0.29) is 5.91 Å². The highest BCUT2D eigenvalue weighted by atomic mass is 32.1. The van der Waals surface area contributed by atoms with Gasteiger partial charge in [0, 0.05) is 27.4 Å². The molecule has 0 radical (unpaired) electrons. The number of aryl methyl sites for hydroxylation is 1. The van der Waals surface area contributed by atoms with Crippen molar-refractivity contribution in [2.24, 2.45) is 0 Å². The fraction of sp³-hybridized carbons (Fsp3) is 0.143. The summed E-state index contributed by atoms with van der Waals surface area (Å²) in [5.41, 5.74) is 3.15. The van der Waals surface area contributed by atoms with E-state index in [4.69, 9.17) is 9.47 Å². The molecule has 0 saturated carbocycles. The molecule has 0 bridgehead atoms. The summed E-state index contributed by atoms with van der Waals surface area (Å²) < 4.78 is 10.4. The number of nitrogens with zero attached hydrogens (tertiary/aromatic N) is 1. The molecule has 142 valence electrons. The summed E-state index contributed by atoms with van der Waals surface area (Å²) in [5, 5.41) is 4.39. The number of rotatable bonds is 5. The molecule has 0 spiro atoms. The van der Waals surface area contributed by atoms with Crippen LogP contribution in [0.3, 0.4) is 0 Å². The van der Waals surface area contributed by atoms with Crippen molar-refractivity contribution in [3.05, 3.63) is 59.1 Å². The van der Waals surface area contributed by atoms with Gasteiger partial charge in [-0.05, 0) is 49.4 Å². The van der Waals surface area contributed by atoms with Crippen LogP contribution in [0.15, 0.2) is 48.5 Å². The number of hydrogen-bond acceptors (Lipinski definition) is 5. The fourth-order valence-electron chi connectivity index (χ4n) is 2.99. The van der Waals surface area contributed by atoms with E-state index in [1.165, 1.54) is 11.3 Å². The first-order valence-corrected chi connectivity index (χ1v) is 9.49. The molecule has 7 heteroatoms. The number of carbonyl (C=O) groups is 1. The summed E-state index contributed by atoms with van der Waals surface area (Å²) in [7, 11) is 3.25. The molecule has 28 heavy (non-hydrogen) atoms. The minimum absolute atomic E-state index is 0.231. The van der Waals surface area contributed by atoms with Crippen molar-refractivity contribution in [2.75, 3.05) is 19.5 Å². The van der Waals surface area contributed by atoms with Gasteiger partial charge in [-0.25, -0.2) is 4.98 Å². The summed E-state index contributed by atoms with van der Waals surface area (Å²) in [5.74, 6) is 1.30. The SMILES string of the molecule is COc1ccc(-c2nc(NC(=O)c3cc4ccc(OC)cc4[nH]3)sc2C)cc1. The number of thiazole rings is 1. The van der Waals surface area contributed by atoms with Crippen molar-refractivity contribution >= 4 is 33.3 Å². The van der Waals surface area contributed by atoms with Gasteiger partial charge < -0.3 is 14.5 Å². The summed E-state index contributed by atoms with van der Waals surface area (Å²) in [4.78, 5) is 21.4. The molecule has 1 amide bonds. The molecule has 4 aromatic rings. The van der Waals surface area contributed by atoms with Crippen LogP contribution in [0.4, 0.5) is 5.13 Å². The molecule has 6 nitrogen and oxygen atoms in total. The standard InChI is InChI=1S/C21H19N3O3S/c1-12-19(13-4-7-15(26-2)8-5-13)23-21(28-12)24-20(25)18-10-14-6-9-16(27-3)11-17(14)22-18/h4-11,22H,1-3H3,(H,23,24,25). The van der Waals surface area contributed by atoms with E-state index >= 15 is 0 Å². The van der Waals surface area contributed by atoms with Gasteiger partial charge in [0.05, 0.1) is 19.9 Å². The first-order chi connectivity index (χ1) is 13.6. The van der Waals surface area contributed by atoms with Crippen LogP contribution in [-0.4, -0.2) is 30.1 Å². The van der Waals surface area contributed by atoms with Gasteiger partial charge in [-0.2, -0.15) is 0 Å². The number of aromatic nitrogens is 2. The highest BCUT2D eigenvalue weighted by molar-refractivity contribution is 7.16. The molecule has 0 atom stereocenters. The van der Waals surface area contributed by atoms with Crippen LogP contribution in [0.25, 0.3) is 22.2 Å². The van der Waals surface area contributed by atoms with E-state index < -0.39 is 0 Å². The van der Waals surface area contributed by atoms with Crippen LogP contribution >= 0.6 is 11.3 Å². The largest absolute Gasteiger partial charge is 0.497 e. The third kappa shape index (κ3) is 3.44. The number of fused-ring (bicyclic) bond motifs is 1. The smallest absolute Gasteiger partial charge is 0.273 e. The van der Waals surface area contributed by atoms with E-state index in [9.17, 15) is 4.79 Å². The Kier molecular flexibility index (Phi) is 4.75. The molecule has 0 aliphatic carbocycles. The number of aromatic amines is 1. The third-order valence-electron chi connectivity index (χ3n) is 4.45. The maximum absolute atomic E-state index is 12.7. The molecule has 4 rings (SSSR count). The molecule has 2 aromatic heterocycles. The Morgan fingerprint density at radius 3 is 2.46 bits per heavy atom. The first-order valence-electron chi connectivity index (χ1n) is 8.67. The number of benzene rings is 2. The predicted molar refractivity (Wildman–Crippen MR) is 112 cm³/mol. The normalized spacial score (nSPS) is 10.8. The lowest BCUT2D eigenvalue weighted by Gasteiger charge is -2.02. The van der Waals surface area contributed by atoms with Crippen molar-refractivity contribution in [1.82, 2.24) is 9.97 Å². The number of anilines is 1. The number of nitrogens with one attached hydrogen (secondary N) is 2. The van der Waals surface area contributed by atoms with Gasteiger partial charge in [-0.3, -0.25) is 10.1 Å². The molecule has 0 saturated heterocycles. The summed E-state index contributed by atoms with van der Waals surface area (Å²) in [6, 6.07) is 15.2. The molecule has 0 aliphatic heterocycles. The van der Waals surface area contributed by atoms with E-state index in [2.05, 4.69) is 15.3 Å². The second-order valence-electron chi connectivity index (χ2n) is 6.24. The Balaban J connectivity index is 1.56. The Hall–Kier alpha value is -3.32. The van der Waals surface area contributed by atoms with Crippen LogP contribution in [-0.2, 0) is 0 Å². The van der Waals surface area contributed by atoms with Crippen molar-refractivity contribution < 1.29 is 14.3 Å². The topological polar surface area (TPSA) is 76.2 Å². The van der Waals surface area contributed by atoms with Crippen LogP contribution in [0.5, 0.6) is 11.5 Å². The van der Waals surface area contributed by atoms with Gasteiger partial charge in [0.25, 0.3) is 5.91 Å². The molecule has 0 fully saturated rings. The van der Waals surface area contributed by atoms with Crippen molar-refractivity contribution in [3.63, 3.8) is 0 Å². The van der Waals surface area contributed by atoms with Gasteiger partial charge in [0.2, 0.25) is 0 Å². The molecular weight excluding hydrogens is 374 g/mol. The minimum atomic E-state index is -0.231. The van der Waals surface area contributed by atoms with Gasteiger partial charge >= 0.3 is 0 Å². The van der Waals surface area contributed by atoms with E-state index in [0.29, 0.717) is 10.8 Å². The second-order valence-corrected chi connectivity index (χ2v) is 7.45. The molecule has 2 N–H and O–H groups in total. The summed E-state index contributed by atoms with van der Waals surface area (Å²) in [6.45, 7) is 1.99. The zero-order valence-electron chi connectivity index (χ0n) is 15.7. The molecule has 2 heterocycles. The maximum Gasteiger partial charge on any atom is 0.273 e. The van der Waals surface area contributed by atoms with Gasteiger partial charge in [-0.15, -0.1) is 11.3 Å². The second kappa shape index (κ2) is 7.36. The van der Waals surface area contributed by atoms with E-state index in [1.807, 2.05) is 55.5 Å². The Morgan fingerprint density at radius 2 is 1.75 bits per heavy atom. The lowest BCUT2D eigenvalue weighted by atomic mass is 10.1. The van der Waals surface area contributed by atoms with Crippen LogP contribution in [0.2, 0.25) is 0 Å². The zero-order chi connectivity index (χ0) is 19.7. The maximum atomic E-state index is 12.7. The summed E-state index contributed by atoms with van der Waals surface area (Å²) in [6.07, 6.45) is 0. The number of carbonyl (C=O) groups excluding carboxylic acids is 1. The quantitative estimate of drug-likeness (QED) is 0.507. The number of hydrogen-bond donors (Lipinski definition) is 2. The Bertz CT molecular complexity index is 1150. The number of amides is 1. The highest BCUT2D eigenvalue weighted by Crippen LogP contribution is 2.31. The van der Waals surface area contributed by atoms with Crippen molar-refractivity contribution in [2.45, 2.75) is 6.92 Å². The molecule has 2 aromatic carbocycles. The number of methoxy groups -OCH3 is 2. The van der Waals surface area contributed by atoms with Gasteiger partial charge in [0.1, 0.15) is 17.2 Å². The van der Waals surface area contributed by atoms with Gasteiger partial charge in [-0.1, -0.05) is 0 Å². The van der Waals surface area contributed by atoms with Crippen LogP contribution < -0.4 is 14.8 Å². The first kappa shape index (κ1) is 18.1. The highest BCUT2D eigenvalue weighted by Gasteiger charge is 2.15. The average molecular weight is 393 g/mol. The lowest BCUT2D eigenvalue weighted by Crippen LogP contribution is -2.11. The van der Waals surface area contributed by atoms with Gasteiger partial charge in [0.15, 0.2) is 5.13 Å². The predicted octanol–water partition coefficient (Wildman–Crippen LogP) is 4.87. The van der Waals surface area contributed by atoms with Crippen LogP contribution in [0.1, 0.15) is 15.4 Å². The van der Waals surface area contributed by atoms with Crippen molar-refractivity contribution in [3.8, 4) is 22.8 Å². The third-order valence-corrected chi connectivity index (χ3v) is 5.34. The monoisotopic (exact) mass is 393 g/mol. The molecule has 0 unspecified atom stereocenters. The van der Waals surface area contributed by atoms with Crippen LogP contribution in [0, 0.1) is 6.92 Å². The fourth-order valence-corrected chi connectivity index (χ4v) is 3.82. The molecule has 0 aliphatic rings. The molecular formula is C21H19N3O3S. The van der Waals surface area contributed by atoms with Crippen molar-refractivity contribution in [1.29, 1.82) is 0 Å². The van der Waals surface area contributed by atoms with E-state index in [1.54, 1.807) is 14.2 Å². The minimum Gasteiger partial charge on any atom is -0.497 e.